The largest absolute Gasteiger partial charge is 0.329 e. The standard InChI is InChI=1S/C3H9NOS/c1-4(2)3-6-5/h5H,3H2,1-2H3. The molecule has 0 atom stereocenters. The quantitative estimate of drug-likeness (QED) is 0.415. The van der Waals surface area contributed by atoms with Gasteiger partial charge < -0.3 is 4.55 Å². The summed E-state index contributed by atoms with van der Waals surface area (Å²) in [6.07, 6.45) is 0. The highest BCUT2D eigenvalue weighted by Crippen LogP contribution is 1.89. The van der Waals surface area contributed by atoms with Gasteiger partial charge >= 0.3 is 0 Å². The lowest BCUT2D eigenvalue weighted by Gasteiger charge is -2.02. The SMILES string of the molecule is CN(C)CSO. The van der Waals surface area contributed by atoms with Crippen molar-refractivity contribution >= 4 is 12.0 Å². The molecule has 0 aromatic carbocycles. The number of rotatable bonds is 2. The van der Waals surface area contributed by atoms with E-state index in [0.29, 0.717) is 5.88 Å². The third-order valence-electron chi connectivity index (χ3n) is 0.316. The van der Waals surface area contributed by atoms with E-state index >= 15 is 0 Å². The Morgan fingerprint density at radius 1 is 1.67 bits per heavy atom. The zero-order valence-corrected chi connectivity index (χ0v) is 4.83. The fourth-order valence-corrected chi connectivity index (χ4v) is 0.346. The molecule has 0 unspecified atom stereocenters. The molecule has 2 nitrogen and oxygen atoms in total. The van der Waals surface area contributed by atoms with Gasteiger partial charge in [-0.2, -0.15) is 0 Å². The van der Waals surface area contributed by atoms with E-state index in [9.17, 15) is 0 Å². The minimum Gasteiger partial charge on any atom is -0.329 e. The summed E-state index contributed by atoms with van der Waals surface area (Å²) in [5, 5.41) is 0. The molecule has 0 rings (SSSR count). The maximum Gasteiger partial charge on any atom is 0.0703 e. The topological polar surface area (TPSA) is 23.5 Å². The molecule has 0 bridgehead atoms. The van der Waals surface area contributed by atoms with Gasteiger partial charge in [0, 0.05) is 12.0 Å². The minimum absolute atomic E-state index is 0.681. The van der Waals surface area contributed by atoms with Gasteiger partial charge in [0.05, 0.1) is 5.88 Å². The van der Waals surface area contributed by atoms with Gasteiger partial charge in [0.15, 0.2) is 0 Å². The van der Waals surface area contributed by atoms with Crippen molar-refractivity contribution in [1.29, 1.82) is 0 Å². The van der Waals surface area contributed by atoms with Gasteiger partial charge in [-0.05, 0) is 14.1 Å². The van der Waals surface area contributed by atoms with Crippen LogP contribution in [-0.2, 0) is 0 Å². The third kappa shape index (κ3) is 4.27. The Morgan fingerprint density at radius 2 is 2.17 bits per heavy atom. The van der Waals surface area contributed by atoms with Crippen LogP contribution in [0.3, 0.4) is 0 Å². The van der Waals surface area contributed by atoms with Crippen molar-refractivity contribution in [2.24, 2.45) is 0 Å². The molecule has 0 saturated carbocycles. The summed E-state index contributed by atoms with van der Waals surface area (Å²) in [6.45, 7) is 0. The van der Waals surface area contributed by atoms with Crippen LogP contribution in [0.15, 0.2) is 0 Å². The first-order valence-corrected chi connectivity index (χ1v) is 2.62. The molecule has 3 heteroatoms. The van der Waals surface area contributed by atoms with E-state index in [4.69, 9.17) is 4.55 Å². The van der Waals surface area contributed by atoms with E-state index in [-0.39, 0.29) is 0 Å². The second kappa shape index (κ2) is 3.46. The van der Waals surface area contributed by atoms with Crippen molar-refractivity contribution in [3.63, 3.8) is 0 Å². The second-order valence-electron chi connectivity index (χ2n) is 1.34. The fourth-order valence-electron chi connectivity index (χ4n) is 0.115. The van der Waals surface area contributed by atoms with Crippen LogP contribution in [0, 0.1) is 0 Å². The van der Waals surface area contributed by atoms with Crippen molar-refractivity contribution in [2.75, 3.05) is 20.0 Å². The van der Waals surface area contributed by atoms with Crippen molar-refractivity contribution in [1.82, 2.24) is 4.90 Å². The van der Waals surface area contributed by atoms with Gasteiger partial charge in [0.25, 0.3) is 0 Å². The van der Waals surface area contributed by atoms with E-state index in [1.165, 1.54) is 0 Å². The molecule has 0 fully saturated rings. The monoisotopic (exact) mass is 107 g/mol. The highest BCUT2D eigenvalue weighted by atomic mass is 32.2. The molecule has 0 saturated heterocycles. The lowest BCUT2D eigenvalue weighted by atomic mass is 11.0. The first kappa shape index (κ1) is 6.27. The van der Waals surface area contributed by atoms with Crippen LogP contribution in [-0.4, -0.2) is 29.4 Å². The Morgan fingerprint density at radius 3 is 2.17 bits per heavy atom. The van der Waals surface area contributed by atoms with Crippen LogP contribution in [0.25, 0.3) is 0 Å². The van der Waals surface area contributed by atoms with Crippen LogP contribution >= 0.6 is 12.0 Å². The molecule has 0 aromatic heterocycles. The third-order valence-corrected chi connectivity index (χ3v) is 0.948. The summed E-state index contributed by atoms with van der Waals surface area (Å²) in [7, 11) is 3.81. The maximum absolute atomic E-state index is 8.11. The van der Waals surface area contributed by atoms with E-state index in [1.54, 1.807) is 0 Å². The number of hydrogen-bond acceptors (Lipinski definition) is 3. The first-order valence-electron chi connectivity index (χ1n) is 1.68. The molecule has 6 heavy (non-hydrogen) atoms. The van der Waals surface area contributed by atoms with Crippen LogP contribution in [0.1, 0.15) is 0 Å². The molecule has 0 amide bonds. The Bertz CT molecular complexity index is 32.0. The summed E-state index contributed by atoms with van der Waals surface area (Å²) < 4.78 is 8.11. The summed E-state index contributed by atoms with van der Waals surface area (Å²) in [6, 6.07) is 0. The predicted molar refractivity (Wildman–Crippen MR) is 28.8 cm³/mol. The minimum atomic E-state index is 0.681. The number of nitrogens with zero attached hydrogens (tertiary/aromatic N) is 1. The molecule has 0 heterocycles. The van der Waals surface area contributed by atoms with E-state index < -0.39 is 0 Å². The molecule has 0 aliphatic heterocycles. The molecule has 38 valence electrons. The van der Waals surface area contributed by atoms with E-state index in [1.807, 2.05) is 19.0 Å². The normalized spacial score (nSPS) is 10.0. The summed E-state index contributed by atoms with van der Waals surface area (Å²) in [5.41, 5.74) is 0. The molecule has 0 spiro atoms. The van der Waals surface area contributed by atoms with Gasteiger partial charge in [-0.15, -0.1) is 0 Å². The number of hydrogen-bond donors (Lipinski definition) is 1. The lowest BCUT2D eigenvalue weighted by Crippen LogP contribution is -2.08. The Kier molecular flexibility index (Phi) is 3.62. The van der Waals surface area contributed by atoms with Gasteiger partial charge in [0.2, 0.25) is 0 Å². The molecule has 1 N–H and O–H groups in total. The Balaban J connectivity index is 2.63. The van der Waals surface area contributed by atoms with Crippen LogP contribution in [0.4, 0.5) is 0 Å². The summed E-state index contributed by atoms with van der Waals surface area (Å²) >= 11 is 0.836. The zero-order chi connectivity index (χ0) is 4.99. The second-order valence-corrected chi connectivity index (χ2v) is 1.85. The molecule has 0 aliphatic rings. The van der Waals surface area contributed by atoms with Crippen LogP contribution in [0.2, 0.25) is 0 Å². The zero-order valence-electron chi connectivity index (χ0n) is 4.01. The molecule has 0 radical (unpaired) electrons. The first-order chi connectivity index (χ1) is 2.77. The van der Waals surface area contributed by atoms with Crippen molar-refractivity contribution in [3.05, 3.63) is 0 Å². The average Bonchev–Trinajstić information content (AvgIpc) is 1.35. The van der Waals surface area contributed by atoms with Gasteiger partial charge in [-0.25, -0.2) is 0 Å². The van der Waals surface area contributed by atoms with E-state index in [2.05, 4.69) is 0 Å². The van der Waals surface area contributed by atoms with E-state index in [0.717, 1.165) is 12.0 Å². The molecular weight excluding hydrogens is 98.1 g/mol. The highest BCUT2D eigenvalue weighted by molar-refractivity contribution is 7.93. The van der Waals surface area contributed by atoms with Crippen molar-refractivity contribution in [3.8, 4) is 0 Å². The highest BCUT2D eigenvalue weighted by Gasteiger charge is 1.81. The van der Waals surface area contributed by atoms with Crippen molar-refractivity contribution < 1.29 is 4.55 Å². The molecule has 0 aliphatic carbocycles. The smallest absolute Gasteiger partial charge is 0.0703 e. The summed E-state index contributed by atoms with van der Waals surface area (Å²) in [4.78, 5) is 1.89. The van der Waals surface area contributed by atoms with Crippen LogP contribution in [0.5, 0.6) is 0 Å². The predicted octanol–water partition coefficient (Wildman–Crippen LogP) is 0.712. The fraction of sp³-hybridized carbons (Fsp3) is 1.00. The molecule has 0 aromatic rings. The van der Waals surface area contributed by atoms with Gasteiger partial charge in [-0.3, -0.25) is 4.90 Å². The maximum atomic E-state index is 8.11. The average molecular weight is 107 g/mol. The van der Waals surface area contributed by atoms with Gasteiger partial charge in [0.1, 0.15) is 0 Å². The Labute approximate surface area is 42.4 Å². The van der Waals surface area contributed by atoms with Crippen LogP contribution < -0.4 is 0 Å². The summed E-state index contributed by atoms with van der Waals surface area (Å²) in [5.74, 6) is 0.681. The Hall–Kier alpha value is 0.270. The lowest BCUT2D eigenvalue weighted by molar-refractivity contribution is 0.474. The van der Waals surface area contributed by atoms with Gasteiger partial charge in [-0.1, -0.05) is 0 Å². The van der Waals surface area contributed by atoms with Crippen molar-refractivity contribution in [2.45, 2.75) is 0 Å². The molecular formula is C3H9NOS.